The van der Waals surface area contributed by atoms with Crippen molar-refractivity contribution in [2.45, 2.75) is 78.9 Å². The third kappa shape index (κ3) is 8.18. The highest BCUT2D eigenvalue weighted by Gasteiger charge is 2.31. The fourth-order valence-electron chi connectivity index (χ4n) is 3.48. The van der Waals surface area contributed by atoms with Crippen LogP contribution in [0.1, 0.15) is 70.6 Å². The standard InChI is InChI=1S/C27H37BrN2O3/c1-8-23(26(32)29-27(5,6)7)30(16-20-11-9-19(4)10-12-20)25(31)17-33-24-14-13-21(18(2)3)15-22(24)28/h9-15,18,23H,8,16-17H2,1-7H3,(H,29,32)/t23-/m0/s1. The van der Waals surface area contributed by atoms with Crippen LogP contribution in [0.5, 0.6) is 5.75 Å². The molecule has 1 N–H and O–H groups in total. The van der Waals surface area contributed by atoms with E-state index in [4.69, 9.17) is 4.74 Å². The first-order valence-electron chi connectivity index (χ1n) is 11.5. The van der Waals surface area contributed by atoms with Crippen molar-refractivity contribution in [1.29, 1.82) is 0 Å². The van der Waals surface area contributed by atoms with Gasteiger partial charge in [0.25, 0.3) is 5.91 Å². The van der Waals surface area contributed by atoms with Crippen LogP contribution in [0.15, 0.2) is 46.9 Å². The monoisotopic (exact) mass is 516 g/mol. The molecule has 2 aromatic carbocycles. The van der Waals surface area contributed by atoms with Gasteiger partial charge in [-0.25, -0.2) is 0 Å². The lowest BCUT2D eigenvalue weighted by Gasteiger charge is -2.33. The minimum Gasteiger partial charge on any atom is -0.483 e. The molecule has 0 saturated heterocycles. The lowest BCUT2D eigenvalue weighted by Crippen LogP contribution is -2.54. The van der Waals surface area contributed by atoms with Crippen molar-refractivity contribution in [2.24, 2.45) is 0 Å². The van der Waals surface area contributed by atoms with E-state index in [9.17, 15) is 9.59 Å². The summed E-state index contributed by atoms with van der Waals surface area (Å²) in [4.78, 5) is 28.0. The molecule has 0 aliphatic rings. The van der Waals surface area contributed by atoms with Crippen molar-refractivity contribution in [3.05, 3.63) is 63.6 Å². The Morgan fingerprint density at radius 1 is 1.09 bits per heavy atom. The van der Waals surface area contributed by atoms with Gasteiger partial charge in [0.05, 0.1) is 4.47 Å². The Bertz CT molecular complexity index is 949. The van der Waals surface area contributed by atoms with Gasteiger partial charge in [-0.1, -0.05) is 56.7 Å². The predicted molar refractivity (Wildman–Crippen MR) is 137 cm³/mol. The molecule has 2 aromatic rings. The maximum absolute atomic E-state index is 13.4. The number of halogens is 1. The van der Waals surface area contributed by atoms with Gasteiger partial charge in [0.1, 0.15) is 11.8 Å². The summed E-state index contributed by atoms with van der Waals surface area (Å²) < 4.78 is 6.69. The predicted octanol–water partition coefficient (Wildman–Crippen LogP) is 5.98. The van der Waals surface area contributed by atoms with Crippen molar-refractivity contribution in [1.82, 2.24) is 10.2 Å². The summed E-state index contributed by atoms with van der Waals surface area (Å²) in [6.45, 7) is 14.2. The number of ether oxygens (including phenoxy) is 1. The number of nitrogens with zero attached hydrogens (tertiary/aromatic N) is 1. The molecule has 0 aromatic heterocycles. The second-order valence-electron chi connectivity index (χ2n) is 9.80. The van der Waals surface area contributed by atoms with Crippen LogP contribution in [0.4, 0.5) is 0 Å². The summed E-state index contributed by atoms with van der Waals surface area (Å²) in [5, 5.41) is 3.02. The molecule has 2 rings (SSSR count). The normalized spacial score (nSPS) is 12.4. The molecule has 0 aliphatic heterocycles. The van der Waals surface area contributed by atoms with Gasteiger partial charge in [-0.2, -0.15) is 0 Å². The second kappa shape index (κ2) is 11.7. The Labute approximate surface area is 207 Å². The highest BCUT2D eigenvalue weighted by Crippen LogP contribution is 2.29. The molecular weight excluding hydrogens is 480 g/mol. The summed E-state index contributed by atoms with van der Waals surface area (Å²) in [5.74, 6) is 0.614. The lowest BCUT2D eigenvalue weighted by atomic mass is 10.0. The van der Waals surface area contributed by atoms with Gasteiger partial charge in [-0.05, 0) is 79.2 Å². The second-order valence-corrected chi connectivity index (χ2v) is 10.7. The van der Waals surface area contributed by atoms with E-state index < -0.39 is 6.04 Å². The molecular formula is C27H37BrN2O3. The summed E-state index contributed by atoms with van der Waals surface area (Å²) in [6, 6.07) is 13.3. The average molecular weight is 518 g/mol. The maximum Gasteiger partial charge on any atom is 0.261 e. The van der Waals surface area contributed by atoms with E-state index in [2.05, 4.69) is 35.1 Å². The SMILES string of the molecule is CC[C@@H](C(=O)NC(C)(C)C)N(Cc1ccc(C)cc1)C(=O)COc1ccc(C(C)C)cc1Br. The van der Waals surface area contributed by atoms with E-state index >= 15 is 0 Å². The van der Waals surface area contributed by atoms with Crippen molar-refractivity contribution in [3.63, 3.8) is 0 Å². The zero-order valence-electron chi connectivity index (χ0n) is 20.9. The van der Waals surface area contributed by atoms with E-state index in [0.29, 0.717) is 24.6 Å². The van der Waals surface area contributed by atoms with E-state index in [-0.39, 0.29) is 24.0 Å². The summed E-state index contributed by atoms with van der Waals surface area (Å²) >= 11 is 3.55. The molecule has 0 spiro atoms. The van der Waals surface area contributed by atoms with Crippen LogP contribution in [-0.4, -0.2) is 34.9 Å². The molecule has 5 nitrogen and oxygen atoms in total. The van der Waals surface area contributed by atoms with Gasteiger partial charge in [-0.3, -0.25) is 9.59 Å². The first-order valence-corrected chi connectivity index (χ1v) is 12.3. The van der Waals surface area contributed by atoms with Crippen LogP contribution < -0.4 is 10.1 Å². The molecule has 0 aliphatic carbocycles. The number of rotatable bonds is 9. The van der Waals surface area contributed by atoms with Gasteiger partial charge in [-0.15, -0.1) is 0 Å². The Morgan fingerprint density at radius 3 is 2.24 bits per heavy atom. The maximum atomic E-state index is 13.4. The van der Waals surface area contributed by atoms with Crippen LogP contribution in [0.25, 0.3) is 0 Å². The molecule has 0 saturated carbocycles. The molecule has 0 bridgehead atoms. The number of nitrogens with one attached hydrogen (secondary N) is 1. The minimum atomic E-state index is -0.589. The Balaban J connectivity index is 2.24. The van der Waals surface area contributed by atoms with Crippen LogP contribution in [0, 0.1) is 6.92 Å². The molecule has 1 atom stereocenters. The van der Waals surface area contributed by atoms with Gasteiger partial charge >= 0.3 is 0 Å². The number of amides is 2. The number of aryl methyl sites for hydroxylation is 1. The zero-order chi connectivity index (χ0) is 24.8. The van der Waals surface area contributed by atoms with Gasteiger partial charge in [0.2, 0.25) is 5.91 Å². The molecule has 0 fully saturated rings. The van der Waals surface area contributed by atoms with Crippen LogP contribution >= 0.6 is 15.9 Å². The number of benzene rings is 2. The molecule has 180 valence electrons. The lowest BCUT2D eigenvalue weighted by molar-refractivity contribution is -0.143. The van der Waals surface area contributed by atoms with E-state index in [1.807, 2.05) is 77.1 Å². The van der Waals surface area contributed by atoms with Crippen molar-refractivity contribution in [2.75, 3.05) is 6.61 Å². The number of carbonyl (C=O) groups is 2. The van der Waals surface area contributed by atoms with Gasteiger partial charge in [0.15, 0.2) is 6.61 Å². The summed E-state index contributed by atoms with van der Waals surface area (Å²) in [5.41, 5.74) is 2.92. The molecule has 2 amide bonds. The smallest absolute Gasteiger partial charge is 0.261 e. The van der Waals surface area contributed by atoms with Gasteiger partial charge in [0, 0.05) is 12.1 Å². The minimum absolute atomic E-state index is 0.148. The number of hydrogen-bond acceptors (Lipinski definition) is 3. The van der Waals surface area contributed by atoms with E-state index in [1.54, 1.807) is 4.90 Å². The van der Waals surface area contributed by atoms with E-state index in [1.165, 1.54) is 5.56 Å². The first kappa shape index (κ1) is 26.9. The molecule has 33 heavy (non-hydrogen) atoms. The number of carbonyl (C=O) groups excluding carboxylic acids is 2. The number of hydrogen-bond donors (Lipinski definition) is 1. The molecule has 0 heterocycles. The Hall–Kier alpha value is -2.34. The Kier molecular flexibility index (Phi) is 9.53. The van der Waals surface area contributed by atoms with Crippen LogP contribution in [0.3, 0.4) is 0 Å². The molecule has 0 unspecified atom stereocenters. The Morgan fingerprint density at radius 2 is 1.73 bits per heavy atom. The van der Waals surface area contributed by atoms with Crippen LogP contribution in [-0.2, 0) is 16.1 Å². The highest BCUT2D eigenvalue weighted by atomic mass is 79.9. The van der Waals surface area contributed by atoms with E-state index in [0.717, 1.165) is 15.6 Å². The quantitative estimate of drug-likeness (QED) is 0.445. The van der Waals surface area contributed by atoms with Crippen molar-refractivity contribution in [3.8, 4) is 5.75 Å². The fraction of sp³-hybridized carbons (Fsp3) is 0.481. The fourth-order valence-corrected chi connectivity index (χ4v) is 3.99. The average Bonchev–Trinajstić information content (AvgIpc) is 2.72. The van der Waals surface area contributed by atoms with Crippen molar-refractivity contribution >= 4 is 27.7 Å². The van der Waals surface area contributed by atoms with Gasteiger partial charge < -0.3 is 15.0 Å². The highest BCUT2D eigenvalue weighted by molar-refractivity contribution is 9.10. The van der Waals surface area contributed by atoms with Crippen LogP contribution in [0.2, 0.25) is 0 Å². The summed E-state index contributed by atoms with van der Waals surface area (Å²) in [6.07, 6.45) is 0.506. The molecule has 0 radical (unpaired) electrons. The summed E-state index contributed by atoms with van der Waals surface area (Å²) in [7, 11) is 0. The third-order valence-electron chi connectivity index (χ3n) is 5.33. The largest absolute Gasteiger partial charge is 0.483 e. The zero-order valence-corrected chi connectivity index (χ0v) is 22.5. The first-order chi connectivity index (χ1) is 15.4. The van der Waals surface area contributed by atoms with Crippen molar-refractivity contribution < 1.29 is 14.3 Å². The topological polar surface area (TPSA) is 58.6 Å². The molecule has 6 heteroatoms. The third-order valence-corrected chi connectivity index (χ3v) is 5.95.